The first kappa shape index (κ1) is 16.9. The van der Waals surface area contributed by atoms with Crippen molar-refractivity contribution in [3.05, 3.63) is 35.5 Å². The largest absolute Gasteiger partial charge is 0.389 e. The average Bonchev–Trinajstić information content (AvgIpc) is 3.03. The van der Waals surface area contributed by atoms with Gasteiger partial charge in [0.05, 0.1) is 5.60 Å². The molecule has 25 heavy (non-hydrogen) atoms. The zero-order chi connectivity index (χ0) is 17.4. The fraction of sp³-hybridized carbons (Fsp3) is 0.550. The molecule has 1 saturated heterocycles. The third kappa shape index (κ3) is 3.18. The van der Waals surface area contributed by atoms with Crippen LogP contribution in [0.25, 0.3) is 10.9 Å². The minimum Gasteiger partial charge on any atom is -0.389 e. The highest BCUT2D eigenvalue weighted by molar-refractivity contribution is 6.35. The lowest BCUT2D eigenvalue weighted by molar-refractivity contribution is -0.143. The molecule has 4 rings (SSSR count). The monoisotopic (exact) mass is 360 g/mol. The summed E-state index contributed by atoms with van der Waals surface area (Å²) in [6.45, 7) is 2.06. The van der Waals surface area contributed by atoms with Crippen LogP contribution in [-0.4, -0.2) is 39.2 Å². The molecule has 4 nitrogen and oxygen atoms in total. The van der Waals surface area contributed by atoms with Gasteiger partial charge in [-0.1, -0.05) is 30.5 Å². The molecule has 1 N–H and O–H groups in total. The highest BCUT2D eigenvalue weighted by Gasteiger charge is 2.43. The van der Waals surface area contributed by atoms with Gasteiger partial charge in [-0.25, -0.2) is 0 Å². The van der Waals surface area contributed by atoms with Crippen LogP contribution in [-0.2, 0) is 11.3 Å². The number of benzene rings is 1. The molecule has 0 radical (unpaired) electrons. The van der Waals surface area contributed by atoms with Crippen LogP contribution in [0.3, 0.4) is 0 Å². The Kier molecular flexibility index (Phi) is 4.50. The van der Waals surface area contributed by atoms with E-state index in [1.54, 1.807) is 0 Å². The summed E-state index contributed by atoms with van der Waals surface area (Å²) in [5.74, 6) is 0.446. The van der Waals surface area contributed by atoms with Crippen molar-refractivity contribution in [2.24, 2.45) is 5.92 Å². The molecular weight excluding hydrogens is 336 g/mol. The predicted octanol–water partition coefficient (Wildman–Crippen LogP) is 3.84. The first-order valence-corrected chi connectivity index (χ1v) is 9.68. The third-order valence-corrected chi connectivity index (χ3v) is 6.44. The molecule has 134 valence electrons. The molecule has 1 aromatic heterocycles. The number of aryl methyl sites for hydroxylation is 1. The second-order valence-corrected chi connectivity index (χ2v) is 7.98. The van der Waals surface area contributed by atoms with Crippen LogP contribution in [0.5, 0.6) is 0 Å². The summed E-state index contributed by atoms with van der Waals surface area (Å²) in [5, 5.41) is 12.5. The first-order chi connectivity index (χ1) is 12.1. The lowest BCUT2D eigenvalue weighted by Crippen LogP contribution is -2.54. The van der Waals surface area contributed by atoms with Crippen molar-refractivity contribution < 1.29 is 9.90 Å². The zero-order valence-corrected chi connectivity index (χ0v) is 15.2. The van der Waals surface area contributed by atoms with Crippen LogP contribution >= 0.6 is 11.6 Å². The van der Waals surface area contributed by atoms with Crippen LogP contribution < -0.4 is 0 Å². The Balaban J connectivity index is 1.40. The van der Waals surface area contributed by atoms with Crippen LogP contribution in [0, 0.1) is 5.92 Å². The first-order valence-electron chi connectivity index (χ1n) is 9.30. The van der Waals surface area contributed by atoms with Gasteiger partial charge in [0.1, 0.15) is 0 Å². The molecule has 1 aliphatic carbocycles. The van der Waals surface area contributed by atoms with E-state index in [-0.39, 0.29) is 11.8 Å². The molecule has 2 aliphatic rings. The summed E-state index contributed by atoms with van der Waals surface area (Å²) in [7, 11) is 0. The normalized spacial score (nSPS) is 26.6. The zero-order valence-electron chi connectivity index (χ0n) is 14.5. The van der Waals surface area contributed by atoms with E-state index < -0.39 is 5.60 Å². The van der Waals surface area contributed by atoms with Gasteiger partial charge in [-0.05, 0) is 37.5 Å². The number of carbonyl (C=O) groups is 1. The third-order valence-electron chi connectivity index (χ3n) is 6.11. The molecule has 1 aliphatic heterocycles. The van der Waals surface area contributed by atoms with Gasteiger partial charge in [0.25, 0.3) is 0 Å². The lowest BCUT2D eigenvalue weighted by Gasteiger charge is -2.47. The van der Waals surface area contributed by atoms with E-state index in [4.69, 9.17) is 11.6 Å². The highest BCUT2D eigenvalue weighted by Crippen LogP contribution is 2.39. The van der Waals surface area contributed by atoms with E-state index >= 15 is 0 Å². The van der Waals surface area contributed by atoms with Crippen molar-refractivity contribution in [1.29, 1.82) is 0 Å². The minimum absolute atomic E-state index is 0.191. The summed E-state index contributed by atoms with van der Waals surface area (Å²) < 4.78 is 2.10. The topological polar surface area (TPSA) is 45.5 Å². The second-order valence-electron chi connectivity index (χ2n) is 7.57. The van der Waals surface area contributed by atoms with E-state index in [1.807, 2.05) is 35.4 Å². The van der Waals surface area contributed by atoms with E-state index in [0.29, 0.717) is 26.1 Å². The van der Waals surface area contributed by atoms with Gasteiger partial charge in [0.2, 0.25) is 5.91 Å². The van der Waals surface area contributed by atoms with Crippen molar-refractivity contribution in [3.63, 3.8) is 0 Å². The fourth-order valence-corrected chi connectivity index (χ4v) is 4.79. The molecule has 0 spiro atoms. The van der Waals surface area contributed by atoms with Gasteiger partial charge in [0, 0.05) is 54.1 Å². The number of rotatable bonds is 3. The van der Waals surface area contributed by atoms with Crippen molar-refractivity contribution in [2.75, 3.05) is 13.1 Å². The van der Waals surface area contributed by atoms with Crippen LogP contribution in [0.2, 0.25) is 5.02 Å². The molecule has 2 atom stereocenters. The molecule has 2 fully saturated rings. The SMILES string of the molecule is O=C(CCn1ccc2c(Cl)cccc21)N1CC[C@@]2(O)CCCC[C@@H]2C1. The summed E-state index contributed by atoms with van der Waals surface area (Å²) in [6.07, 6.45) is 7.44. The van der Waals surface area contributed by atoms with Gasteiger partial charge < -0.3 is 14.6 Å². The number of piperidine rings is 1. The Labute approximate surface area is 153 Å². The Morgan fingerprint density at radius 2 is 2.16 bits per heavy atom. The number of hydrogen-bond donors (Lipinski definition) is 1. The standard InChI is InChI=1S/C20H25ClN2O2/c21-17-5-3-6-18-16(17)7-11-22(18)12-8-19(24)23-13-10-20(25)9-2-1-4-15(20)14-23/h3,5-7,11,15,25H,1-2,4,8-10,12-14H2/t15-,20+/m1/s1. The Morgan fingerprint density at radius 1 is 1.28 bits per heavy atom. The van der Waals surface area contributed by atoms with Crippen molar-refractivity contribution in [1.82, 2.24) is 9.47 Å². The number of aliphatic hydroxyl groups is 1. The molecule has 2 heterocycles. The van der Waals surface area contributed by atoms with Gasteiger partial charge in [-0.3, -0.25) is 4.79 Å². The van der Waals surface area contributed by atoms with Crippen LogP contribution in [0.1, 0.15) is 38.5 Å². The summed E-state index contributed by atoms with van der Waals surface area (Å²) in [4.78, 5) is 14.6. The van der Waals surface area contributed by atoms with Crippen molar-refractivity contribution >= 4 is 28.4 Å². The fourth-order valence-electron chi connectivity index (χ4n) is 4.55. The predicted molar refractivity (Wildman–Crippen MR) is 99.7 cm³/mol. The molecule has 0 unspecified atom stereocenters. The number of fused-ring (bicyclic) bond motifs is 2. The molecule has 1 amide bonds. The van der Waals surface area contributed by atoms with E-state index in [1.165, 1.54) is 6.42 Å². The molecule has 5 heteroatoms. The minimum atomic E-state index is -0.525. The van der Waals surface area contributed by atoms with Gasteiger partial charge in [-0.15, -0.1) is 0 Å². The Hall–Kier alpha value is -1.52. The smallest absolute Gasteiger partial charge is 0.224 e. The van der Waals surface area contributed by atoms with Crippen molar-refractivity contribution in [2.45, 2.75) is 50.7 Å². The molecule has 1 saturated carbocycles. The molecule has 2 aromatic rings. The number of aromatic nitrogens is 1. The number of likely N-dealkylation sites (tertiary alicyclic amines) is 1. The average molecular weight is 361 g/mol. The molecule has 1 aromatic carbocycles. The maximum atomic E-state index is 12.7. The molecular formula is C20H25ClN2O2. The van der Waals surface area contributed by atoms with Gasteiger partial charge in [-0.2, -0.15) is 0 Å². The maximum absolute atomic E-state index is 12.7. The Morgan fingerprint density at radius 3 is 3.04 bits per heavy atom. The van der Waals surface area contributed by atoms with E-state index in [2.05, 4.69) is 4.57 Å². The lowest BCUT2D eigenvalue weighted by atomic mass is 9.71. The number of carbonyl (C=O) groups excluding carboxylic acids is 1. The van der Waals surface area contributed by atoms with Gasteiger partial charge >= 0.3 is 0 Å². The van der Waals surface area contributed by atoms with E-state index in [9.17, 15) is 9.90 Å². The van der Waals surface area contributed by atoms with Crippen LogP contribution in [0.15, 0.2) is 30.5 Å². The number of nitrogens with zero attached hydrogens (tertiary/aromatic N) is 2. The maximum Gasteiger partial charge on any atom is 0.224 e. The summed E-state index contributed by atoms with van der Waals surface area (Å²) >= 11 is 6.22. The summed E-state index contributed by atoms with van der Waals surface area (Å²) in [6, 6.07) is 7.87. The second kappa shape index (κ2) is 6.65. The van der Waals surface area contributed by atoms with Crippen molar-refractivity contribution in [3.8, 4) is 0 Å². The number of halogens is 1. The van der Waals surface area contributed by atoms with Crippen LogP contribution in [0.4, 0.5) is 0 Å². The van der Waals surface area contributed by atoms with Gasteiger partial charge in [0.15, 0.2) is 0 Å². The quantitative estimate of drug-likeness (QED) is 0.903. The molecule has 0 bridgehead atoms. The Bertz CT molecular complexity index is 787. The summed E-state index contributed by atoms with van der Waals surface area (Å²) in [5.41, 5.74) is 0.545. The number of amides is 1. The van der Waals surface area contributed by atoms with E-state index in [0.717, 1.165) is 41.6 Å². The highest BCUT2D eigenvalue weighted by atomic mass is 35.5. The number of hydrogen-bond acceptors (Lipinski definition) is 2.